The third-order valence-electron chi connectivity index (χ3n) is 3.77. The Morgan fingerprint density at radius 1 is 1.07 bits per heavy atom. The van der Waals surface area contributed by atoms with Gasteiger partial charge in [0.1, 0.15) is 12.8 Å². The summed E-state index contributed by atoms with van der Waals surface area (Å²) < 4.78 is 77.9. The van der Waals surface area contributed by atoms with Gasteiger partial charge in [0, 0.05) is 18.0 Å². The summed E-state index contributed by atoms with van der Waals surface area (Å²) in [6.07, 6.45) is -7.63. The fourth-order valence-electron chi connectivity index (χ4n) is 2.44. The van der Waals surface area contributed by atoms with Gasteiger partial charge in [-0.2, -0.15) is 26.3 Å². The number of alkyl halides is 6. The molecular formula is C17H15F6N5O2. The van der Waals surface area contributed by atoms with E-state index in [2.05, 4.69) is 25.3 Å². The Labute approximate surface area is 165 Å². The van der Waals surface area contributed by atoms with Gasteiger partial charge in [-0.15, -0.1) is 0 Å². The van der Waals surface area contributed by atoms with Crippen molar-refractivity contribution in [3.8, 4) is 0 Å². The van der Waals surface area contributed by atoms with E-state index in [-0.39, 0.29) is 23.3 Å². The van der Waals surface area contributed by atoms with Crippen LogP contribution in [0.4, 0.5) is 26.3 Å². The predicted molar refractivity (Wildman–Crippen MR) is 92.1 cm³/mol. The first-order valence-corrected chi connectivity index (χ1v) is 8.12. The average Bonchev–Trinajstić information content (AvgIpc) is 2.66. The van der Waals surface area contributed by atoms with E-state index in [0.717, 1.165) is 0 Å². The quantitative estimate of drug-likeness (QED) is 0.325. The molecule has 0 aliphatic carbocycles. The second-order valence-electron chi connectivity index (χ2n) is 5.94. The highest BCUT2D eigenvalue weighted by Crippen LogP contribution is 2.36. The van der Waals surface area contributed by atoms with E-state index >= 15 is 0 Å². The number of amidine groups is 1. The highest BCUT2D eigenvalue weighted by Gasteiger charge is 2.37. The minimum Gasteiger partial charge on any atom is -0.397 e. The van der Waals surface area contributed by atoms with E-state index in [1.807, 2.05) is 0 Å². The van der Waals surface area contributed by atoms with Gasteiger partial charge in [0.25, 0.3) is 5.91 Å². The van der Waals surface area contributed by atoms with Crippen LogP contribution >= 0.6 is 0 Å². The molecule has 0 bridgehead atoms. The molecule has 7 nitrogen and oxygen atoms in total. The van der Waals surface area contributed by atoms with Crippen molar-refractivity contribution in [2.24, 2.45) is 10.9 Å². The zero-order chi connectivity index (χ0) is 22.7. The van der Waals surface area contributed by atoms with E-state index < -0.39 is 41.0 Å². The monoisotopic (exact) mass is 435 g/mol. The highest BCUT2D eigenvalue weighted by molar-refractivity contribution is 5.97. The van der Waals surface area contributed by atoms with Crippen LogP contribution in [0.15, 0.2) is 35.7 Å². The number of hydrogen-bond donors (Lipinski definition) is 2. The molecule has 0 radical (unpaired) electrons. The van der Waals surface area contributed by atoms with E-state index in [1.54, 1.807) is 0 Å². The Kier molecular flexibility index (Phi) is 6.53. The van der Waals surface area contributed by atoms with Gasteiger partial charge in [0.15, 0.2) is 5.84 Å². The number of hydrogen-bond acceptors (Lipinski definition) is 5. The molecule has 1 atom stereocenters. The first-order valence-electron chi connectivity index (χ1n) is 8.12. The van der Waals surface area contributed by atoms with Crippen LogP contribution < -0.4 is 11.1 Å². The number of carbonyl (C=O) groups excluding carboxylic acids is 1. The van der Waals surface area contributed by atoms with Crippen molar-refractivity contribution in [3.63, 3.8) is 0 Å². The molecule has 0 aliphatic heterocycles. The van der Waals surface area contributed by atoms with Crippen molar-refractivity contribution < 1.29 is 36.0 Å². The summed E-state index contributed by atoms with van der Waals surface area (Å²) in [5.41, 5.74) is 1.74. The number of rotatable bonds is 5. The molecule has 1 aromatic heterocycles. The lowest BCUT2D eigenvalue weighted by molar-refractivity contribution is -0.143. The Morgan fingerprint density at radius 3 is 2.10 bits per heavy atom. The summed E-state index contributed by atoms with van der Waals surface area (Å²) in [7, 11) is 1.22. The maximum absolute atomic E-state index is 13.0. The van der Waals surface area contributed by atoms with Gasteiger partial charge in [0.2, 0.25) is 0 Å². The van der Waals surface area contributed by atoms with Crippen LogP contribution in [0, 0.1) is 0 Å². The van der Waals surface area contributed by atoms with Crippen LogP contribution in [-0.4, -0.2) is 28.8 Å². The van der Waals surface area contributed by atoms with E-state index in [4.69, 9.17) is 5.73 Å². The maximum Gasteiger partial charge on any atom is 0.416 e. The summed E-state index contributed by atoms with van der Waals surface area (Å²) in [5, 5.41) is 5.76. The van der Waals surface area contributed by atoms with Crippen molar-refractivity contribution in [1.82, 2.24) is 15.3 Å². The standard InChI is InChI=1S/C17H15F6N5O2/c1-8(12-13(14(24)28-30-2)26-4-3-25-12)27-15(29)9-5-10(16(18,19)20)7-11(6-9)17(21,22)23/h3-8H,1-2H3,(H2,24,28)(H,27,29). The second-order valence-corrected chi connectivity index (χ2v) is 5.94. The molecule has 1 heterocycles. The smallest absolute Gasteiger partial charge is 0.397 e. The molecular weight excluding hydrogens is 420 g/mol. The third kappa shape index (κ3) is 5.36. The molecule has 0 fully saturated rings. The van der Waals surface area contributed by atoms with E-state index in [0.29, 0.717) is 12.1 Å². The summed E-state index contributed by atoms with van der Waals surface area (Å²) >= 11 is 0. The number of nitrogens with zero attached hydrogens (tertiary/aromatic N) is 3. The molecule has 3 N–H and O–H groups in total. The molecule has 162 valence electrons. The molecule has 2 rings (SSSR count). The Balaban J connectivity index is 2.40. The van der Waals surface area contributed by atoms with Crippen LogP contribution in [0.5, 0.6) is 0 Å². The molecule has 0 aliphatic rings. The lowest BCUT2D eigenvalue weighted by Gasteiger charge is -2.17. The number of nitrogens with one attached hydrogen (secondary N) is 1. The molecule has 1 aromatic carbocycles. The average molecular weight is 435 g/mol. The SMILES string of the molecule is CON=C(N)c1nccnc1C(C)NC(=O)c1cc(C(F)(F)F)cc(C(F)(F)F)c1. The van der Waals surface area contributed by atoms with Crippen molar-refractivity contribution in [1.29, 1.82) is 0 Å². The van der Waals surface area contributed by atoms with Gasteiger partial charge in [-0.1, -0.05) is 5.16 Å². The van der Waals surface area contributed by atoms with Crippen molar-refractivity contribution in [2.75, 3.05) is 7.11 Å². The van der Waals surface area contributed by atoms with Gasteiger partial charge in [-0.25, -0.2) is 4.98 Å². The van der Waals surface area contributed by atoms with Crippen LogP contribution in [0.1, 0.15) is 45.8 Å². The fourth-order valence-corrected chi connectivity index (χ4v) is 2.44. The number of aromatic nitrogens is 2. The number of oxime groups is 1. The van der Waals surface area contributed by atoms with E-state index in [9.17, 15) is 31.1 Å². The molecule has 13 heteroatoms. The molecule has 0 saturated heterocycles. The molecule has 1 unspecified atom stereocenters. The first kappa shape index (κ1) is 22.9. The first-order chi connectivity index (χ1) is 13.8. The minimum absolute atomic E-state index is 0.0205. The molecule has 0 spiro atoms. The van der Waals surface area contributed by atoms with Crippen LogP contribution in [0.3, 0.4) is 0 Å². The summed E-state index contributed by atoms with van der Waals surface area (Å²) in [6.45, 7) is 1.39. The van der Waals surface area contributed by atoms with Crippen LogP contribution in [-0.2, 0) is 17.2 Å². The van der Waals surface area contributed by atoms with Crippen molar-refractivity contribution in [3.05, 3.63) is 58.7 Å². The zero-order valence-corrected chi connectivity index (χ0v) is 15.5. The Bertz CT molecular complexity index is 926. The molecule has 0 saturated carbocycles. The number of nitrogens with two attached hydrogens (primary N) is 1. The molecule has 2 aromatic rings. The highest BCUT2D eigenvalue weighted by atomic mass is 19.4. The predicted octanol–water partition coefficient (Wildman–Crippen LogP) is 3.27. The lowest BCUT2D eigenvalue weighted by Crippen LogP contribution is -2.30. The topological polar surface area (TPSA) is 102 Å². The summed E-state index contributed by atoms with van der Waals surface area (Å²) in [6, 6.07) is -0.399. The van der Waals surface area contributed by atoms with Gasteiger partial charge >= 0.3 is 12.4 Å². The summed E-state index contributed by atoms with van der Waals surface area (Å²) in [4.78, 5) is 24.9. The minimum atomic E-state index is -5.08. The van der Waals surface area contributed by atoms with Gasteiger partial charge in [-0.05, 0) is 25.1 Å². The fraction of sp³-hybridized carbons (Fsp3) is 0.294. The second kappa shape index (κ2) is 8.55. The number of amides is 1. The van der Waals surface area contributed by atoms with Crippen molar-refractivity contribution in [2.45, 2.75) is 25.3 Å². The number of halogens is 6. The van der Waals surface area contributed by atoms with Gasteiger partial charge in [0.05, 0.1) is 22.9 Å². The van der Waals surface area contributed by atoms with Gasteiger partial charge < -0.3 is 15.9 Å². The van der Waals surface area contributed by atoms with E-state index in [1.165, 1.54) is 26.4 Å². The maximum atomic E-state index is 13.0. The van der Waals surface area contributed by atoms with Crippen molar-refractivity contribution >= 4 is 11.7 Å². The van der Waals surface area contributed by atoms with Gasteiger partial charge in [-0.3, -0.25) is 9.78 Å². The number of benzene rings is 1. The normalized spacial score (nSPS) is 13.7. The number of carbonyl (C=O) groups is 1. The molecule has 1 amide bonds. The summed E-state index contributed by atoms with van der Waals surface area (Å²) in [5.74, 6) is -1.38. The zero-order valence-electron chi connectivity index (χ0n) is 15.5. The largest absolute Gasteiger partial charge is 0.416 e. The Morgan fingerprint density at radius 2 is 1.60 bits per heavy atom. The lowest BCUT2D eigenvalue weighted by atomic mass is 10.0. The van der Waals surface area contributed by atoms with Crippen LogP contribution in [0.2, 0.25) is 0 Å². The van der Waals surface area contributed by atoms with Crippen LogP contribution in [0.25, 0.3) is 0 Å². The Hall–Kier alpha value is -3.38. The molecule has 30 heavy (non-hydrogen) atoms. The third-order valence-corrected chi connectivity index (χ3v) is 3.77.